The Morgan fingerprint density at radius 3 is 2.48 bits per heavy atom. The van der Waals surface area contributed by atoms with E-state index in [1.165, 1.54) is 7.11 Å². The van der Waals surface area contributed by atoms with Crippen molar-refractivity contribution in [2.75, 3.05) is 12.4 Å². The van der Waals surface area contributed by atoms with Gasteiger partial charge in [-0.1, -0.05) is 6.07 Å². The zero-order valence-corrected chi connectivity index (χ0v) is 12.6. The molecule has 1 heterocycles. The number of amides is 2. The van der Waals surface area contributed by atoms with Gasteiger partial charge >= 0.3 is 12.0 Å². The fraction of sp³-hybridized carbons (Fsp3) is 0.200. The molecule has 21 heavy (non-hydrogen) atoms. The first-order valence-corrected chi connectivity index (χ1v) is 7.27. The Balaban J connectivity index is 1.92. The van der Waals surface area contributed by atoms with E-state index in [1.807, 2.05) is 24.4 Å². The van der Waals surface area contributed by atoms with Crippen LogP contribution in [0.2, 0.25) is 0 Å². The molecule has 6 heteroatoms. The number of methoxy groups -OCH3 is 1. The predicted octanol–water partition coefficient (Wildman–Crippen LogP) is 3.42. The van der Waals surface area contributed by atoms with Gasteiger partial charge in [-0.15, -0.1) is 11.3 Å². The van der Waals surface area contributed by atoms with Crippen molar-refractivity contribution in [3.05, 3.63) is 52.2 Å². The first-order chi connectivity index (χ1) is 10.1. The Morgan fingerprint density at radius 2 is 1.90 bits per heavy atom. The molecule has 0 radical (unpaired) electrons. The highest BCUT2D eigenvalue weighted by Crippen LogP contribution is 2.18. The third kappa shape index (κ3) is 4.06. The molecule has 1 unspecified atom stereocenters. The number of benzene rings is 1. The van der Waals surface area contributed by atoms with Crippen molar-refractivity contribution in [1.82, 2.24) is 5.32 Å². The van der Waals surface area contributed by atoms with Gasteiger partial charge in [0.25, 0.3) is 0 Å². The van der Waals surface area contributed by atoms with Crippen LogP contribution in [0.3, 0.4) is 0 Å². The Hall–Kier alpha value is -2.34. The van der Waals surface area contributed by atoms with Gasteiger partial charge in [0.15, 0.2) is 0 Å². The van der Waals surface area contributed by atoms with Crippen LogP contribution < -0.4 is 10.6 Å². The maximum Gasteiger partial charge on any atom is 0.337 e. The van der Waals surface area contributed by atoms with Gasteiger partial charge in [0.1, 0.15) is 0 Å². The lowest BCUT2D eigenvalue weighted by molar-refractivity contribution is 0.0601. The molecule has 0 bridgehead atoms. The van der Waals surface area contributed by atoms with E-state index < -0.39 is 5.97 Å². The third-order valence-corrected chi connectivity index (χ3v) is 3.94. The molecule has 2 N–H and O–H groups in total. The van der Waals surface area contributed by atoms with Gasteiger partial charge in [0.2, 0.25) is 0 Å². The highest BCUT2D eigenvalue weighted by atomic mass is 32.1. The van der Waals surface area contributed by atoms with E-state index in [0.29, 0.717) is 11.3 Å². The summed E-state index contributed by atoms with van der Waals surface area (Å²) in [5.74, 6) is -0.405. The molecule has 0 saturated heterocycles. The van der Waals surface area contributed by atoms with Gasteiger partial charge in [-0.3, -0.25) is 0 Å². The average Bonchev–Trinajstić information content (AvgIpc) is 3.01. The zero-order valence-electron chi connectivity index (χ0n) is 11.8. The summed E-state index contributed by atoms with van der Waals surface area (Å²) in [7, 11) is 1.33. The number of anilines is 1. The molecule has 2 rings (SSSR count). The van der Waals surface area contributed by atoms with Crippen molar-refractivity contribution in [2.24, 2.45) is 0 Å². The number of urea groups is 1. The molecule has 2 amide bonds. The Labute approximate surface area is 126 Å². The Morgan fingerprint density at radius 1 is 1.19 bits per heavy atom. The number of esters is 1. The minimum absolute atomic E-state index is 0.0562. The zero-order chi connectivity index (χ0) is 15.2. The first kappa shape index (κ1) is 15.1. The molecule has 1 atom stereocenters. The second kappa shape index (κ2) is 6.90. The second-order valence-corrected chi connectivity index (χ2v) is 5.38. The molecule has 2 aromatic rings. The molecule has 0 saturated carbocycles. The molecule has 110 valence electrons. The van der Waals surface area contributed by atoms with Crippen molar-refractivity contribution in [3.63, 3.8) is 0 Å². The molecule has 1 aromatic heterocycles. The van der Waals surface area contributed by atoms with Gasteiger partial charge < -0.3 is 15.4 Å². The number of hydrogen-bond acceptors (Lipinski definition) is 4. The predicted molar refractivity (Wildman–Crippen MR) is 82.7 cm³/mol. The summed E-state index contributed by atoms with van der Waals surface area (Å²) in [6, 6.07) is 10.1. The normalized spacial score (nSPS) is 11.5. The SMILES string of the molecule is COC(=O)c1ccc(NC(=O)NC(C)c2cccs2)cc1. The van der Waals surface area contributed by atoms with Crippen LogP contribution in [0.15, 0.2) is 41.8 Å². The van der Waals surface area contributed by atoms with Crippen LogP contribution in [0.25, 0.3) is 0 Å². The van der Waals surface area contributed by atoms with E-state index in [-0.39, 0.29) is 12.1 Å². The molecular weight excluding hydrogens is 288 g/mol. The molecule has 0 fully saturated rings. The van der Waals surface area contributed by atoms with Crippen LogP contribution in [0.5, 0.6) is 0 Å². The Kier molecular flexibility index (Phi) is 4.94. The molecule has 1 aromatic carbocycles. The van der Waals surface area contributed by atoms with Crippen LogP contribution in [-0.2, 0) is 4.74 Å². The molecule has 5 nitrogen and oxygen atoms in total. The van der Waals surface area contributed by atoms with E-state index in [2.05, 4.69) is 15.4 Å². The maximum absolute atomic E-state index is 11.9. The van der Waals surface area contributed by atoms with Crippen LogP contribution in [0, 0.1) is 0 Å². The van der Waals surface area contributed by atoms with Crippen molar-refractivity contribution in [3.8, 4) is 0 Å². The Bertz CT molecular complexity index is 608. The topological polar surface area (TPSA) is 67.4 Å². The molecule has 0 spiro atoms. The fourth-order valence-corrected chi connectivity index (χ4v) is 2.51. The molecular formula is C15H16N2O3S. The summed E-state index contributed by atoms with van der Waals surface area (Å²) < 4.78 is 4.61. The van der Waals surface area contributed by atoms with Crippen LogP contribution in [0.1, 0.15) is 28.2 Å². The number of thiophene rings is 1. The summed E-state index contributed by atoms with van der Waals surface area (Å²) in [6.45, 7) is 1.92. The summed E-state index contributed by atoms with van der Waals surface area (Å²) in [5, 5.41) is 7.54. The van der Waals surface area contributed by atoms with Crippen LogP contribution >= 0.6 is 11.3 Å². The van der Waals surface area contributed by atoms with E-state index in [1.54, 1.807) is 35.6 Å². The third-order valence-electron chi connectivity index (χ3n) is 2.88. The summed E-state index contributed by atoms with van der Waals surface area (Å²) in [4.78, 5) is 24.3. The van der Waals surface area contributed by atoms with E-state index >= 15 is 0 Å². The molecule has 0 aliphatic heterocycles. The summed E-state index contributed by atoms with van der Waals surface area (Å²) in [5.41, 5.74) is 1.05. The van der Waals surface area contributed by atoms with Crippen molar-refractivity contribution < 1.29 is 14.3 Å². The van der Waals surface area contributed by atoms with Gasteiger partial charge in [-0.2, -0.15) is 0 Å². The fourth-order valence-electron chi connectivity index (χ4n) is 1.78. The summed E-state index contributed by atoms with van der Waals surface area (Å²) in [6.07, 6.45) is 0. The van der Waals surface area contributed by atoms with Gasteiger partial charge in [0, 0.05) is 10.6 Å². The van der Waals surface area contributed by atoms with Crippen molar-refractivity contribution in [2.45, 2.75) is 13.0 Å². The van der Waals surface area contributed by atoms with E-state index in [0.717, 1.165) is 4.88 Å². The monoisotopic (exact) mass is 304 g/mol. The van der Waals surface area contributed by atoms with Gasteiger partial charge in [-0.05, 0) is 42.6 Å². The average molecular weight is 304 g/mol. The van der Waals surface area contributed by atoms with E-state index in [4.69, 9.17) is 0 Å². The lowest BCUT2D eigenvalue weighted by Gasteiger charge is -2.13. The minimum atomic E-state index is -0.405. The smallest absolute Gasteiger partial charge is 0.337 e. The highest BCUT2D eigenvalue weighted by molar-refractivity contribution is 7.10. The number of carbonyl (C=O) groups excluding carboxylic acids is 2. The summed E-state index contributed by atoms with van der Waals surface area (Å²) >= 11 is 1.59. The van der Waals surface area contributed by atoms with Crippen molar-refractivity contribution >= 4 is 29.0 Å². The van der Waals surface area contributed by atoms with Crippen LogP contribution in [-0.4, -0.2) is 19.1 Å². The van der Waals surface area contributed by atoms with E-state index in [9.17, 15) is 9.59 Å². The quantitative estimate of drug-likeness (QED) is 0.851. The second-order valence-electron chi connectivity index (χ2n) is 4.40. The maximum atomic E-state index is 11.9. The largest absolute Gasteiger partial charge is 0.465 e. The number of rotatable bonds is 4. The van der Waals surface area contributed by atoms with Crippen LogP contribution in [0.4, 0.5) is 10.5 Å². The lowest BCUT2D eigenvalue weighted by atomic mass is 10.2. The van der Waals surface area contributed by atoms with Gasteiger partial charge in [-0.25, -0.2) is 9.59 Å². The van der Waals surface area contributed by atoms with Gasteiger partial charge in [0.05, 0.1) is 18.7 Å². The first-order valence-electron chi connectivity index (χ1n) is 6.39. The number of carbonyl (C=O) groups is 2. The number of nitrogens with one attached hydrogen (secondary N) is 2. The molecule has 0 aliphatic rings. The molecule has 0 aliphatic carbocycles. The van der Waals surface area contributed by atoms with Crippen molar-refractivity contribution in [1.29, 1.82) is 0 Å². The standard InChI is InChI=1S/C15H16N2O3S/c1-10(13-4-3-9-21-13)16-15(19)17-12-7-5-11(6-8-12)14(18)20-2/h3-10H,1-2H3,(H2,16,17,19). The number of ether oxygens (including phenoxy) is 1. The minimum Gasteiger partial charge on any atom is -0.465 e. The number of hydrogen-bond donors (Lipinski definition) is 2. The highest BCUT2D eigenvalue weighted by Gasteiger charge is 2.10. The lowest BCUT2D eigenvalue weighted by Crippen LogP contribution is -2.30.